The first kappa shape index (κ1) is 17.7. The number of benzene rings is 1. The summed E-state index contributed by atoms with van der Waals surface area (Å²) < 4.78 is 12.3. The van der Waals surface area contributed by atoms with Gasteiger partial charge < -0.3 is 14.6 Å². The molecule has 8 nitrogen and oxygen atoms in total. The number of amides is 1. The summed E-state index contributed by atoms with van der Waals surface area (Å²) in [5, 5.41) is 11.8. The normalized spacial score (nSPS) is 16.6. The van der Waals surface area contributed by atoms with Crippen molar-refractivity contribution >= 4 is 17.5 Å². The first-order valence-corrected chi connectivity index (χ1v) is 9.04. The zero-order valence-electron chi connectivity index (χ0n) is 14.7. The second kappa shape index (κ2) is 7.50. The number of halogens is 1. The van der Waals surface area contributed by atoms with E-state index in [1.165, 1.54) is 0 Å². The minimum Gasteiger partial charge on any atom is -0.376 e. The SMILES string of the molecule is Cc1nn(-c2ccc(Cl)cc2)cc1-c1noc(C(=O)NCC2CCCO2)n1. The van der Waals surface area contributed by atoms with Crippen molar-refractivity contribution in [2.75, 3.05) is 13.2 Å². The summed E-state index contributed by atoms with van der Waals surface area (Å²) in [6.45, 7) is 3.02. The van der Waals surface area contributed by atoms with Crippen molar-refractivity contribution in [3.8, 4) is 17.1 Å². The van der Waals surface area contributed by atoms with Gasteiger partial charge in [-0.05, 0) is 44.0 Å². The van der Waals surface area contributed by atoms with Crippen LogP contribution in [0.5, 0.6) is 0 Å². The number of aryl methyl sites for hydroxylation is 1. The third kappa shape index (κ3) is 3.86. The lowest BCUT2D eigenvalue weighted by Crippen LogP contribution is -2.31. The van der Waals surface area contributed by atoms with Gasteiger partial charge in [-0.3, -0.25) is 4.79 Å². The largest absolute Gasteiger partial charge is 0.376 e. The van der Waals surface area contributed by atoms with Gasteiger partial charge in [0.25, 0.3) is 0 Å². The Balaban J connectivity index is 1.49. The number of aromatic nitrogens is 4. The number of nitrogens with zero attached hydrogens (tertiary/aromatic N) is 4. The highest BCUT2D eigenvalue weighted by Crippen LogP contribution is 2.22. The summed E-state index contributed by atoms with van der Waals surface area (Å²) in [7, 11) is 0. The van der Waals surface area contributed by atoms with Crippen LogP contribution in [-0.4, -0.2) is 45.1 Å². The maximum atomic E-state index is 12.2. The third-order valence-corrected chi connectivity index (χ3v) is 4.62. The molecule has 0 radical (unpaired) electrons. The number of rotatable bonds is 5. The van der Waals surface area contributed by atoms with Crippen molar-refractivity contribution in [2.24, 2.45) is 0 Å². The van der Waals surface area contributed by atoms with Gasteiger partial charge in [0.1, 0.15) is 0 Å². The molecule has 1 saturated heterocycles. The van der Waals surface area contributed by atoms with Crippen molar-refractivity contribution < 1.29 is 14.1 Å². The smallest absolute Gasteiger partial charge is 0.316 e. The van der Waals surface area contributed by atoms with E-state index in [-0.39, 0.29) is 12.0 Å². The highest BCUT2D eigenvalue weighted by Gasteiger charge is 2.21. The second-order valence-corrected chi connectivity index (χ2v) is 6.75. The van der Waals surface area contributed by atoms with E-state index < -0.39 is 5.91 Å². The molecule has 3 heterocycles. The molecule has 3 aromatic rings. The molecule has 1 unspecified atom stereocenters. The van der Waals surface area contributed by atoms with Crippen LogP contribution < -0.4 is 5.32 Å². The summed E-state index contributed by atoms with van der Waals surface area (Å²) >= 11 is 5.92. The summed E-state index contributed by atoms with van der Waals surface area (Å²) in [6.07, 6.45) is 3.80. The van der Waals surface area contributed by atoms with E-state index in [0.29, 0.717) is 23.0 Å². The summed E-state index contributed by atoms with van der Waals surface area (Å²) in [5.74, 6) is -0.177. The van der Waals surface area contributed by atoms with E-state index in [9.17, 15) is 4.79 Å². The van der Waals surface area contributed by atoms with Gasteiger partial charge in [-0.15, -0.1) is 0 Å². The van der Waals surface area contributed by atoms with E-state index >= 15 is 0 Å². The van der Waals surface area contributed by atoms with Gasteiger partial charge in [-0.25, -0.2) is 4.68 Å². The molecule has 0 aliphatic carbocycles. The van der Waals surface area contributed by atoms with Crippen LogP contribution in [0.3, 0.4) is 0 Å². The molecule has 1 aromatic carbocycles. The highest BCUT2D eigenvalue weighted by molar-refractivity contribution is 6.30. The summed E-state index contributed by atoms with van der Waals surface area (Å²) in [4.78, 5) is 16.4. The van der Waals surface area contributed by atoms with Crippen LogP contribution in [0, 0.1) is 6.92 Å². The van der Waals surface area contributed by atoms with Crippen molar-refractivity contribution in [1.29, 1.82) is 0 Å². The van der Waals surface area contributed by atoms with E-state index in [2.05, 4.69) is 20.6 Å². The molecular formula is C18H18ClN5O3. The molecule has 1 aliphatic rings. The fourth-order valence-electron chi connectivity index (χ4n) is 2.92. The number of nitrogens with one attached hydrogen (secondary N) is 1. The van der Waals surface area contributed by atoms with Crippen LogP contribution in [0.25, 0.3) is 17.1 Å². The first-order valence-electron chi connectivity index (χ1n) is 8.66. The molecule has 1 fully saturated rings. The molecule has 9 heteroatoms. The summed E-state index contributed by atoms with van der Waals surface area (Å²) in [6, 6.07) is 7.30. The Morgan fingerprint density at radius 1 is 1.37 bits per heavy atom. The molecule has 2 aromatic heterocycles. The highest BCUT2D eigenvalue weighted by atomic mass is 35.5. The minimum absolute atomic E-state index is 0.0520. The fraction of sp³-hybridized carbons (Fsp3) is 0.333. The predicted octanol–water partition coefficient (Wildman–Crippen LogP) is 2.79. The monoisotopic (exact) mass is 387 g/mol. The molecule has 0 spiro atoms. The molecule has 140 valence electrons. The lowest BCUT2D eigenvalue weighted by Gasteiger charge is -2.08. The van der Waals surface area contributed by atoms with Crippen molar-refractivity contribution in [1.82, 2.24) is 25.2 Å². The zero-order valence-corrected chi connectivity index (χ0v) is 15.4. The van der Waals surface area contributed by atoms with Crippen LogP contribution in [-0.2, 0) is 4.74 Å². The van der Waals surface area contributed by atoms with E-state index in [0.717, 1.165) is 30.8 Å². The Morgan fingerprint density at radius 3 is 2.93 bits per heavy atom. The Kier molecular flexibility index (Phi) is 4.91. The fourth-order valence-corrected chi connectivity index (χ4v) is 3.04. The molecule has 4 rings (SSSR count). The standard InChI is InChI=1S/C18H18ClN5O3/c1-11-15(10-24(22-11)13-6-4-12(19)5-7-13)16-21-18(27-23-16)17(25)20-9-14-3-2-8-26-14/h4-7,10,14H,2-3,8-9H2,1H3,(H,20,25). The molecule has 1 amide bonds. The molecule has 0 saturated carbocycles. The van der Waals surface area contributed by atoms with Gasteiger partial charge in [0.2, 0.25) is 5.82 Å². The maximum Gasteiger partial charge on any atom is 0.316 e. The van der Waals surface area contributed by atoms with Gasteiger partial charge in [0, 0.05) is 24.4 Å². The van der Waals surface area contributed by atoms with E-state index in [1.54, 1.807) is 23.0 Å². The quantitative estimate of drug-likeness (QED) is 0.723. The van der Waals surface area contributed by atoms with Gasteiger partial charge in [0.05, 0.1) is 23.0 Å². The number of carbonyl (C=O) groups excluding carboxylic acids is 1. The number of hydrogen-bond donors (Lipinski definition) is 1. The molecular weight excluding hydrogens is 370 g/mol. The lowest BCUT2D eigenvalue weighted by atomic mass is 10.2. The van der Waals surface area contributed by atoms with Crippen LogP contribution >= 0.6 is 11.6 Å². The molecule has 1 atom stereocenters. The summed E-state index contributed by atoms with van der Waals surface area (Å²) in [5.41, 5.74) is 2.26. The van der Waals surface area contributed by atoms with Gasteiger partial charge in [-0.2, -0.15) is 10.1 Å². The van der Waals surface area contributed by atoms with Crippen molar-refractivity contribution in [2.45, 2.75) is 25.9 Å². The van der Waals surface area contributed by atoms with Gasteiger partial charge >= 0.3 is 11.8 Å². The topological polar surface area (TPSA) is 95.1 Å². The Morgan fingerprint density at radius 2 is 2.19 bits per heavy atom. The molecule has 1 N–H and O–H groups in total. The molecule has 1 aliphatic heterocycles. The van der Waals surface area contributed by atoms with Gasteiger partial charge in [0.15, 0.2) is 0 Å². The average molecular weight is 388 g/mol. The average Bonchev–Trinajstić information content (AvgIpc) is 3.41. The Labute approximate surface area is 160 Å². The Bertz CT molecular complexity index is 944. The van der Waals surface area contributed by atoms with Crippen LogP contribution in [0.2, 0.25) is 5.02 Å². The predicted molar refractivity (Wildman–Crippen MR) is 97.9 cm³/mol. The van der Waals surface area contributed by atoms with E-state index in [4.69, 9.17) is 20.9 Å². The van der Waals surface area contributed by atoms with E-state index in [1.807, 2.05) is 19.1 Å². The second-order valence-electron chi connectivity index (χ2n) is 6.32. The van der Waals surface area contributed by atoms with Crippen molar-refractivity contribution in [3.05, 3.63) is 47.1 Å². The first-order chi connectivity index (χ1) is 13.1. The lowest BCUT2D eigenvalue weighted by molar-refractivity contribution is 0.0822. The molecule has 27 heavy (non-hydrogen) atoms. The maximum absolute atomic E-state index is 12.2. The number of hydrogen-bond acceptors (Lipinski definition) is 6. The minimum atomic E-state index is -0.410. The third-order valence-electron chi connectivity index (χ3n) is 4.37. The number of ether oxygens (including phenoxy) is 1. The Hall–Kier alpha value is -2.71. The zero-order chi connectivity index (χ0) is 18.8. The number of carbonyl (C=O) groups is 1. The van der Waals surface area contributed by atoms with Crippen LogP contribution in [0.15, 0.2) is 35.0 Å². The van der Waals surface area contributed by atoms with Gasteiger partial charge in [-0.1, -0.05) is 16.8 Å². The van der Waals surface area contributed by atoms with Crippen LogP contribution in [0.1, 0.15) is 29.2 Å². The van der Waals surface area contributed by atoms with Crippen LogP contribution in [0.4, 0.5) is 0 Å². The van der Waals surface area contributed by atoms with Crippen molar-refractivity contribution in [3.63, 3.8) is 0 Å². The molecule has 0 bridgehead atoms.